The smallest absolute Gasteiger partial charge is 0.356 e. The highest BCUT2D eigenvalue weighted by molar-refractivity contribution is 5.25. The van der Waals surface area contributed by atoms with Gasteiger partial charge in [0.1, 0.15) is 0 Å². The molecule has 1 heterocycles. The third-order valence-electron chi connectivity index (χ3n) is 3.94. The summed E-state index contributed by atoms with van der Waals surface area (Å²) >= 11 is 0. The molecule has 19 heteroatoms. The number of rotatable bonds is 9. The van der Waals surface area contributed by atoms with Gasteiger partial charge in [-0.3, -0.25) is 0 Å². The quantitative estimate of drug-likeness (QED) is 0.445. The van der Waals surface area contributed by atoms with E-state index in [9.17, 15) is 65.9 Å². The average Bonchev–Trinajstić information content (AvgIpc) is 3.04. The number of nitrogens with zero attached hydrogens (tertiary/aromatic N) is 3. The normalized spacial score (nSPS) is 15.3. The predicted molar refractivity (Wildman–Crippen MR) is 74.5 cm³/mol. The maximum atomic E-state index is 14.2. The minimum Gasteiger partial charge on any atom is -0.356 e. The molecule has 0 fully saturated rings. The molecule has 0 saturated carbocycles. The van der Waals surface area contributed by atoms with Gasteiger partial charge in [-0.25, -0.2) is 4.68 Å². The van der Waals surface area contributed by atoms with E-state index in [0.29, 0.717) is 0 Å². The van der Waals surface area contributed by atoms with Crippen LogP contribution in [0, 0.1) is 0 Å². The second kappa shape index (κ2) is 7.74. The number of hydrogen-bond acceptors (Lipinski definition) is 3. The van der Waals surface area contributed by atoms with E-state index >= 15 is 0 Å². The summed E-state index contributed by atoms with van der Waals surface area (Å²) in [7, 11) is 0.911. The Bertz CT molecular complexity index is 811. The van der Waals surface area contributed by atoms with Crippen molar-refractivity contribution >= 4 is 5.95 Å². The lowest BCUT2D eigenvalue weighted by Gasteiger charge is -2.41. The zero-order chi connectivity index (χ0) is 25.8. The molecular formula is C13H11F15N4. The van der Waals surface area contributed by atoms with E-state index in [2.05, 4.69) is 10.1 Å². The molecule has 0 aliphatic carbocycles. The zero-order valence-electron chi connectivity index (χ0n) is 15.4. The van der Waals surface area contributed by atoms with Gasteiger partial charge in [0.05, 0.1) is 0 Å². The zero-order valence-corrected chi connectivity index (χ0v) is 15.4. The first-order valence-corrected chi connectivity index (χ1v) is 7.95. The monoisotopic (exact) mass is 508 g/mol. The van der Waals surface area contributed by atoms with E-state index < -0.39 is 60.0 Å². The van der Waals surface area contributed by atoms with E-state index in [4.69, 9.17) is 0 Å². The second-order valence-electron chi connectivity index (χ2n) is 6.18. The van der Waals surface area contributed by atoms with Gasteiger partial charge in [0.25, 0.3) is 0 Å². The molecule has 188 valence electrons. The topological polar surface area (TPSA) is 42.7 Å². The number of nitrogens with one attached hydrogen (secondary N) is 1. The van der Waals surface area contributed by atoms with Crippen LogP contribution in [-0.2, 0) is 12.5 Å². The van der Waals surface area contributed by atoms with Crippen LogP contribution in [-0.4, -0.2) is 57.6 Å². The molecule has 1 aromatic rings. The second-order valence-corrected chi connectivity index (χ2v) is 6.18. The number of aromatic nitrogens is 3. The van der Waals surface area contributed by atoms with Crippen LogP contribution >= 0.6 is 0 Å². The maximum Gasteiger partial charge on any atom is 0.460 e. The first kappa shape index (κ1) is 27.9. The van der Waals surface area contributed by atoms with Crippen molar-refractivity contribution in [1.29, 1.82) is 0 Å². The standard InChI is InChI=1S/C13H11F15N4/c1-3-4-32-5(30-6(29-2)31-32)7(14,15)8(16,17)9(18,19)10(20,21)11(22,23)12(24,25)13(26,27)28/h3-4H2,1-2H3,(H,29,31). The third-order valence-corrected chi connectivity index (χ3v) is 3.94. The van der Waals surface area contributed by atoms with Gasteiger partial charge < -0.3 is 5.32 Å². The van der Waals surface area contributed by atoms with Gasteiger partial charge in [0.2, 0.25) is 11.8 Å². The highest BCUT2D eigenvalue weighted by Gasteiger charge is 2.93. The summed E-state index contributed by atoms with van der Waals surface area (Å²) in [6.07, 6.45) is -7.86. The summed E-state index contributed by atoms with van der Waals surface area (Å²) in [6.45, 7) is 0.434. The van der Waals surface area contributed by atoms with Gasteiger partial charge in [-0.05, 0) is 6.42 Å². The highest BCUT2D eigenvalue weighted by atomic mass is 19.4. The average molecular weight is 508 g/mol. The lowest BCUT2D eigenvalue weighted by Crippen LogP contribution is -2.72. The number of anilines is 1. The minimum atomic E-state index is -8.34. The summed E-state index contributed by atoms with van der Waals surface area (Å²) < 4.78 is 199. The third kappa shape index (κ3) is 3.60. The van der Waals surface area contributed by atoms with E-state index in [1.165, 1.54) is 6.92 Å². The molecule has 0 aromatic carbocycles. The van der Waals surface area contributed by atoms with Crippen molar-refractivity contribution in [2.45, 2.75) is 61.6 Å². The Morgan fingerprint density at radius 1 is 0.688 bits per heavy atom. The fraction of sp³-hybridized carbons (Fsp3) is 0.846. The number of hydrogen-bond donors (Lipinski definition) is 1. The van der Waals surface area contributed by atoms with E-state index in [1.54, 1.807) is 0 Å². The Morgan fingerprint density at radius 3 is 1.47 bits per heavy atom. The molecule has 1 N–H and O–H groups in total. The SMILES string of the molecule is CCCn1nc(NC)nc1C(F)(F)C(F)(F)C(F)(F)C(F)(F)C(F)(F)C(F)(F)C(F)(F)F. The van der Waals surface area contributed by atoms with Crippen LogP contribution in [0.15, 0.2) is 0 Å². The lowest BCUT2D eigenvalue weighted by atomic mass is 9.91. The van der Waals surface area contributed by atoms with E-state index in [0.717, 1.165) is 7.05 Å². The van der Waals surface area contributed by atoms with Crippen LogP contribution in [0.1, 0.15) is 19.2 Å². The summed E-state index contributed by atoms with van der Waals surface area (Å²) in [5.74, 6) is -50.5. The molecular weight excluding hydrogens is 497 g/mol. The number of halogens is 15. The molecule has 32 heavy (non-hydrogen) atoms. The Morgan fingerprint density at radius 2 is 1.09 bits per heavy atom. The van der Waals surface area contributed by atoms with Crippen LogP contribution in [0.4, 0.5) is 71.8 Å². The van der Waals surface area contributed by atoms with E-state index in [1.807, 2.05) is 5.32 Å². The van der Waals surface area contributed by atoms with E-state index in [-0.39, 0.29) is 11.1 Å². The van der Waals surface area contributed by atoms with Crippen molar-refractivity contribution in [2.75, 3.05) is 12.4 Å². The largest absolute Gasteiger partial charge is 0.460 e. The molecule has 0 atom stereocenters. The van der Waals surface area contributed by atoms with Crippen LogP contribution in [0.3, 0.4) is 0 Å². The molecule has 0 unspecified atom stereocenters. The molecule has 0 aliphatic rings. The van der Waals surface area contributed by atoms with Crippen LogP contribution in [0.2, 0.25) is 0 Å². The summed E-state index contributed by atoms with van der Waals surface area (Å²) in [5, 5.41) is 4.99. The number of aryl methyl sites for hydroxylation is 1. The molecule has 0 saturated heterocycles. The Hall–Kier alpha value is -2.11. The van der Waals surface area contributed by atoms with Gasteiger partial charge in [0, 0.05) is 13.6 Å². The van der Waals surface area contributed by atoms with Crippen LogP contribution in [0.5, 0.6) is 0 Å². The fourth-order valence-electron chi connectivity index (χ4n) is 2.16. The van der Waals surface area contributed by atoms with Crippen molar-refractivity contribution < 1.29 is 65.9 Å². The van der Waals surface area contributed by atoms with Gasteiger partial charge in [-0.15, -0.1) is 5.10 Å². The van der Waals surface area contributed by atoms with Crippen molar-refractivity contribution in [1.82, 2.24) is 14.8 Å². The Kier molecular flexibility index (Phi) is 6.75. The first-order valence-electron chi connectivity index (χ1n) is 7.95. The van der Waals surface area contributed by atoms with Crippen molar-refractivity contribution in [2.24, 2.45) is 0 Å². The Balaban J connectivity index is 3.72. The molecule has 0 radical (unpaired) electrons. The van der Waals surface area contributed by atoms with Gasteiger partial charge >= 0.3 is 41.7 Å². The van der Waals surface area contributed by atoms with Gasteiger partial charge in [-0.2, -0.15) is 70.8 Å². The van der Waals surface area contributed by atoms with Crippen molar-refractivity contribution in [3.63, 3.8) is 0 Å². The molecule has 4 nitrogen and oxygen atoms in total. The van der Waals surface area contributed by atoms with Gasteiger partial charge in [-0.1, -0.05) is 6.92 Å². The predicted octanol–water partition coefficient (Wildman–Crippen LogP) is 5.56. The van der Waals surface area contributed by atoms with Crippen LogP contribution < -0.4 is 5.32 Å². The fourth-order valence-corrected chi connectivity index (χ4v) is 2.16. The van der Waals surface area contributed by atoms with Crippen molar-refractivity contribution in [3.05, 3.63) is 5.82 Å². The molecule has 0 aliphatic heterocycles. The summed E-state index contributed by atoms with van der Waals surface area (Å²) in [6, 6.07) is 0. The maximum absolute atomic E-state index is 14.2. The summed E-state index contributed by atoms with van der Waals surface area (Å²) in [4.78, 5) is 2.65. The number of alkyl halides is 15. The molecule has 0 amide bonds. The molecule has 1 aromatic heterocycles. The molecule has 0 spiro atoms. The van der Waals surface area contributed by atoms with Crippen LogP contribution in [0.25, 0.3) is 0 Å². The molecule has 1 rings (SSSR count). The highest BCUT2D eigenvalue weighted by Crippen LogP contribution is 2.63. The van der Waals surface area contributed by atoms with Crippen molar-refractivity contribution in [3.8, 4) is 0 Å². The summed E-state index contributed by atoms with van der Waals surface area (Å²) in [5.41, 5.74) is 0. The van der Waals surface area contributed by atoms with Gasteiger partial charge in [0.15, 0.2) is 0 Å². The first-order chi connectivity index (χ1) is 14.0. The molecule has 0 bridgehead atoms. The minimum absolute atomic E-state index is 0.198. The Labute approximate surface area is 167 Å². The lowest BCUT2D eigenvalue weighted by molar-refractivity contribution is -0.454.